The molecule has 0 aliphatic rings. The third kappa shape index (κ3) is 2.43. The van der Waals surface area contributed by atoms with Crippen LogP contribution in [0.2, 0.25) is 0 Å². The molecule has 0 unspecified atom stereocenters. The van der Waals surface area contributed by atoms with Crippen LogP contribution in [-0.2, 0) is 6.61 Å². The largest absolute Gasteiger partial charge is 0.392 e. The molecule has 3 aromatic heterocycles. The first-order valence-corrected chi connectivity index (χ1v) is 7.39. The standard InChI is InChI=1S/C18H13FN4O/c19-16-3-1-2-14(15(16)10-24)12-4-5-18-22-17(9-23(18)8-12)13-6-20-11-21-7-13/h1-9,11,24H,10H2. The lowest BCUT2D eigenvalue weighted by molar-refractivity contribution is 0.276. The van der Waals surface area contributed by atoms with Crippen molar-refractivity contribution in [3.8, 4) is 22.4 Å². The van der Waals surface area contributed by atoms with E-state index in [0.29, 0.717) is 5.56 Å². The number of halogens is 1. The second kappa shape index (κ2) is 5.82. The van der Waals surface area contributed by atoms with E-state index in [9.17, 15) is 9.50 Å². The second-order valence-electron chi connectivity index (χ2n) is 5.36. The molecular formula is C18H13FN4O. The molecular weight excluding hydrogens is 307 g/mol. The SMILES string of the molecule is OCc1c(F)cccc1-c1ccc2nc(-c3cncnc3)cn2c1. The first-order chi connectivity index (χ1) is 11.8. The first-order valence-electron chi connectivity index (χ1n) is 7.39. The van der Waals surface area contributed by atoms with Crippen LogP contribution in [0, 0.1) is 5.82 Å². The molecule has 4 rings (SSSR count). The van der Waals surface area contributed by atoms with Crippen molar-refractivity contribution in [2.75, 3.05) is 0 Å². The summed E-state index contributed by atoms with van der Waals surface area (Å²) in [7, 11) is 0. The van der Waals surface area contributed by atoms with Crippen molar-refractivity contribution in [2.24, 2.45) is 0 Å². The Kier molecular flexibility index (Phi) is 3.51. The number of hydrogen-bond acceptors (Lipinski definition) is 4. The van der Waals surface area contributed by atoms with Gasteiger partial charge in [-0.1, -0.05) is 12.1 Å². The second-order valence-corrected chi connectivity index (χ2v) is 5.36. The molecule has 0 atom stereocenters. The third-order valence-corrected chi connectivity index (χ3v) is 3.90. The van der Waals surface area contributed by atoms with Crippen LogP contribution in [0.15, 0.2) is 61.4 Å². The maximum absolute atomic E-state index is 13.9. The molecule has 24 heavy (non-hydrogen) atoms. The van der Waals surface area contributed by atoms with E-state index in [-0.39, 0.29) is 12.2 Å². The highest BCUT2D eigenvalue weighted by atomic mass is 19.1. The summed E-state index contributed by atoms with van der Waals surface area (Å²) in [5.41, 5.74) is 4.10. The Labute approximate surface area is 137 Å². The summed E-state index contributed by atoms with van der Waals surface area (Å²) in [5, 5.41) is 9.45. The van der Waals surface area contributed by atoms with Crippen LogP contribution in [0.1, 0.15) is 5.56 Å². The number of aromatic nitrogens is 4. The maximum Gasteiger partial charge on any atom is 0.137 e. The topological polar surface area (TPSA) is 63.3 Å². The summed E-state index contributed by atoms with van der Waals surface area (Å²) in [6.07, 6.45) is 8.61. The molecule has 6 heteroatoms. The van der Waals surface area contributed by atoms with E-state index in [1.165, 1.54) is 12.4 Å². The van der Waals surface area contributed by atoms with Gasteiger partial charge in [0.25, 0.3) is 0 Å². The van der Waals surface area contributed by atoms with E-state index in [1.54, 1.807) is 24.5 Å². The van der Waals surface area contributed by atoms with Gasteiger partial charge in [0.05, 0.1) is 12.3 Å². The summed E-state index contributed by atoms with van der Waals surface area (Å²) in [4.78, 5) is 12.5. The maximum atomic E-state index is 13.9. The molecule has 0 spiro atoms. The van der Waals surface area contributed by atoms with Gasteiger partial charge in [0, 0.05) is 35.9 Å². The third-order valence-electron chi connectivity index (χ3n) is 3.90. The van der Waals surface area contributed by atoms with Crippen LogP contribution >= 0.6 is 0 Å². The van der Waals surface area contributed by atoms with E-state index in [2.05, 4.69) is 15.0 Å². The molecule has 3 heterocycles. The molecule has 118 valence electrons. The Morgan fingerprint density at radius 3 is 2.62 bits per heavy atom. The van der Waals surface area contributed by atoms with Gasteiger partial charge in [-0.05, 0) is 29.3 Å². The summed E-state index contributed by atoms with van der Waals surface area (Å²) in [6.45, 7) is -0.351. The molecule has 1 aromatic carbocycles. The molecule has 0 radical (unpaired) electrons. The molecule has 0 saturated heterocycles. The Balaban J connectivity index is 1.84. The molecule has 0 aliphatic heterocycles. The summed E-state index contributed by atoms with van der Waals surface area (Å²) >= 11 is 0. The van der Waals surface area contributed by atoms with Crippen molar-refractivity contribution in [3.63, 3.8) is 0 Å². The number of imidazole rings is 1. The molecule has 0 aliphatic carbocycles. The molecule has 0 bridgehead atoms. The lowest BCUT2D eigenvalue weighted by atomic mass is 10.0. The number of rotatable bonds is 3. The highest BCUT2D eigenvalue weighted by molar-refractivity contribution is 5.69. The van der Waals surface area contributed by atoms with Crippen LogP contribution < -0.4 is 0 Å². The van der Waals surface area contributed by atoms with Crippen molar-refractivity contribution >= 4 is 5.65 Å². The minimum absolute atomic E-state index is 0.286. The van der Waals surface area contributed by atoms with E-state index in [1.807, 2.05) is 28.9 Å². The number of nitrogens with zero attached hydrogens (tertiary/aromatic N) is 4. The number of aliphatic hydroxyl groups excluding tert-OH is 1. The Morgan fingerprint density at radius 2 is 1.83 bits per heavy atom. The van der Waals surface area contributed by atoms with Crippen LogP contribution in [-0.4, -0.2) is 24.5 Å². The lowest BCUT2D eigenvalue weighted by Crippen LogP contribution is -1.95. The van der Waals surface area contributed by atoms with Gasteiger partial charge in [0.15, 0.2) is 0 Å². The fourth-order valence-electron chi connectivity index (χ4n) is 2.71. The monoisotopic (exact) mass is 320 g/mol. The van der Waals surface area contributed by atoms with Gasteiger partial charge in [-0.2, -0.15) is 0 Å². The van der Waals surface area contributed by atoms with E-state index >= 15 is 0 Å². The van der Waals surface area contributed by atoms with E-state index in [4.69, 9.17) is 0 Å². The minimum atomic E-state index is -0.414. The Morgan fingerprint density at radius 1 is 1.00 bits per heavy atom. The molecule has 5 nitrogen and oxygen atoms in total. The quantitative estimate of drug-likeness (QED) is 0.630. The van der Waals surface area contributed by atoms with Crippen LogP contribution in [0.25, 0.3) is 28.0 Å². The lowest BCUT2D eigenvalue weighted by Gasteiger charge is -2.09. The van der Waals surface area contributed by atoms with Gasteiger partial charge in [-0.15, -0.1) is 0 Å². The van der Waals surface area contributed by atoms with Crippen LogP contribution in [0.5, 0.6) is 0 Å². The van der Waals surface area contributed by atoms with Gasteiger partial charge in [0.2, 0.25) is 0 Å². The zero-order valence-electron chi connectivity index (χ0n) is 12.6. The Hall–Kier alpha value is -3.12. The Bertz CT molecular complexity index is 1010. The van der Waals surface area contributed by atoms with Crippen molar-refractivity contribution in [1.82, 2.24) is 19.4 Å². The smallest absolute Gasteiger partial charge is 0.137 e. The van der Waals surface area contributed by atoms with E-state index in [0.717, 1.165) is 22.5 Å². The predicted octanol–water partition coefficient (Wildman–Crippen LogP) is 3.09. The summed E-state index contributed by atoms with van der Waals surface area (Å²) in [5.74, 6) is -0.414. The number of hydrogen-bond donors (Lipinski definition) is 1. The number of fused-ring (bicyclic) bond motifs is 1. The zero-order chi connectivity index (χ0) is 16.5. The van der Waals surface area contributed by atoms with Gasteiger partial charge >= 0.3 is 0 Å². The first kappa shape index (κ1) is 14.5. The van der Waals surface area contributed by atoms with Crippen LogP contribution in [0.3, 0.4) is 0 Å². The van der Waals surface area contributed by atoms with Gasteiger partial charge in [0.1, 0.15) is 17.8 Å². The van der Waals surface area contributed by atoms with E-state index < -0.39 is 5.82 Å². The average molecular weight is 320 g/mol. The number of aliphatic hydroxyl groups is 1. The summed E-state index contributed by atoms with van der Waals surface area (Å²) < 4.78 is 15.7. The molecule has 4 aromatic rings. The average Bonchev–Trinajstić information content (AvgIpc) is 3.05. The van der Waals surface area contributed by atoms with Gasteiger partial charge in [-0.25, -0.2) is 19.3 Å². The van der Waals surface area contributed by atoms with Gasteiger partial charge in [-0.3, -0.25) is 0 Å². The van der Waals surface area contributed by atoms with Crippen molar-refractivity contribution in [1.29, 1.82) is 0 Å². The number of benzene rings is 1. The highest BCUT2D eigenvalue weighted by Gasteiger charge is 2.11. The van der Waals surface area contributed by atoms with Crippen molar-refractivity contribution in [3.05, 3.63) is 72.8 Å². The highest BCUT2D eigenvalue weighted by Crippen LogP contribution is 2.27. The molecule has 1 N–H and O–H groups in total. The number of pyridine rings is 1. The van der Waals surface area contributed by atoms with Gasteiger partial charge < -0.3 is 9.51 Å². The fourth-order valence-corrected chi connectivity index (χ4v) is 2.71. The summed E-state index contributed by atoms with van der Waals surface area (Å²) in [6, 6.07) is 8.49. The van der Waals surface area contributed by atoms with Crippen molar-refractivity contribution in [2.45, 2.75) is 6.61 Å². The fraction of sp³-hybridized carbons (Fsp3) is 0.0556. The van der Waals surface area contributed by atoms with Crippen molar-refractivity contribution < 1.29 is 9.50 Å². The molecule has 0 saturated carbocycles. The molecule has 0 fully saturated rings. The zero-order valence-corrected chi connectivity index (χ0v) is 12.6. The molecule has 0 amide bonds. The van der Waals surface area contributed by atoms with Crippen LogP contribution in [0.4, 0.5) is 4.39 Å². The minimum Gasteiger partial charge on any atom is -0.392 e. The normalized spacial score (nSPS) is 11.1. The predicted molar refractivity (Wildman–Crippen MR) is 87.5 cm³/mol.